The molecule has 1 aromatic heterocycles. The lowest BCUT2D eigenvalue weighted by atomic mass is 9.93. The van der Waals surface area contributed by atoms with Crippen molar-refractivity contribution in [3.63, 3.8) is 0 Å². The van der Waals surface area contributed by atoms with Gasteiger partial charge in [-0.1, -0.05) is 48.5 Å². The summed E-state index contributed by atoms with van der Waals surface area (Å²) < 4.78 is 6.13. The molecule has 1 heterocycles. The molecular formula is C30H29N3O3. The van der Waals surface area contributed by atoms with Crippen LogP contribution in [0, 0.1) is 13.8 Å². The van der Waals surface area contributed by atoms with Gasteiger partial charge in [-0.15, -0.1) is 0 Å². The minimum Gasteiger partial charge on any atom is -0.455 e. The standard InChI is InChI=1S/C30H29N3O3/c1-4-33(22-13-7-10-19(2)18-22)30(35)28-20(3)27-25(16-9-17-26(27)36-28)31-32-29(34)24-15-8-12-21-11-5-6-14-23(21)24/h5-8,10-15,18H,4,9,16-17H2,1-3H3,(H,32,34)/b31-25+. The highest BCUT2D eigenvalue weighted by Gasteiger charge is 2.30. The van der Waals surface area contributed by atoms with Gasteiger partial charge in [0.15, 0.2) is 5.76 Å². The number of anilines is 1. The van der Waals surface area contributed by atoms with Gasteiger partial charge in [0.1, 0.15) is 5.76 Å². The molecule has 182 valence electrons. The number of furan rings is 1. The molecule has 5 rings (SSSR count). The van der Waals surface area contributed by atoms with Gasteiger partial charge >= 0.3 is 0 Å². The topological polar surface area (TPSA) is 74.9 Å². The van der Waals surface area contributed by atoms with Gasteiger partial charge in [-0.2, -0.15) is 5.10 Å². The summed E-state index contributed by atoms with van der Waals surface area (Å²) in [6, 6.07) is 21.3. The molecule has 0 saturated carbocycles. The fourth-order valence-electron chi connectivity index (χ4n) is 4.95. The van der Waals surface area contributed by atoms with E-state index in [-0.39, 0.29) is 11.8 Å². The van der Waals surface area contributed by atoms with Crippen LogP contribution in [-0.2, 0) is 6.42 Å². The predicted molar refractivity (Wildman–Crippen MR) is 143 cm³/mol. The number of fused-ring (bicyclic) bond motifs is 2. The number of rotatable bonds is 5. The summed E-state index contributed by atoms with van der Waals surface area (Å²) in [5.41, 5.74) is 7.59. The van der Waals surface area contributed by atoms with Gasteiger partial charge in [-0.05, 0) is 68.1 Å². The molecule has 0 atom stereocenters. The maximum absolute atomic E-state index is 13.5. The summed E-state index contributed by atoms with van der Waals surface area (Å²) in [6.07, 6.45) is 2.27. The third-order valence-corrected chi connectivity index (χ3v) is 6.72. The highest BCUT2D eigenvalue weighted by Crippen LogP contribution is 2.31. The fraction of sp³-hybridized carbons (Fsp3) is 0.233. The number of nitrogens with zero attached hydrogens (tertiary/aromatic N) is 2. The van der Waals surface area contributed by atoms with Crippen molar-refractivity contribution < 1.29 is 14.0 Å². The van der Waals surface area contributed by atoms with Gasteiger partial charge in [0, 0.05) is 35.3 Å². The van der Waals surface area contributed by atoms with Crippen molar-refractivity contribution in [2.24, 2.45) is 5.10 Å². The molecule has 0 radical (unpaired) electrons. The van der Waals surface area contributed by atoms with Crippen molar-refractivity contribution >= 4 is 34.0 Å². The zero-order valence-electron chi connectivity index (χ0n) is 20.8. The second-order valence-corrected chi connectivity index (χ2v) is 9.12. The quantitative estimate of drug-likeness (QED) is 0.347. The molecule has 6 heteroatoms. The summed E-state index contributed by atoms with van der Waals surface area (Å²) in [5, 5.41) is 6.39. The number of hydrazone groups is 1. The molecule has 2 amide bonds. The molecule has 36 heavy (non-hydrogen) atoms. The van der Waals surface area contributed by atoms with Crippen molar-refractivity contribution in [1.82, 2.24) is 5.43 Å². The molecule has 1 aliphatic carbocycles. The predicted octanol–water partition coefficient (Wildman–Crippen LogP) is 6.19. The Labute approximate surface area is 210 Å². The van der Waals surface area contributed by atoms with Gasteiger partial charge in [-0.25, -0.2) is 5.43 Å². The van der Waals surface area contributed by atoms with Crippen molar-refractivity contribution in [1.29, 1.82) is 0 Å². The normalized spacial score (nSPS) is 14.0. The molecule has 0 spiro atoms. The summed E-state index contributed by atoms with van der Waals surface area (Å²) in [6.45, 7) is 6.38. The van der Waals surface area contributed by atoms with Crippen LogP contribution in [0.3, 0.4) is 0 Å². The van der Waals surface area contributed by atoms with Crippen molar-refractivity contribution in [2.75, 3.05) is 11.4 Å². The molecule has 1 aliphatic rings. The molecule has 0 bridgehead atoms. The lowest BCUT2D eigenvalue weighted by molar-refractivity contribution is 0.0950. The third-order valence-electron chi connectivity index (χ3n) is 6.72. The van der Waals surface area contributed by atoms with Crippen LogP contribution >= 0.6 is 0 Å². The first-order valence-corrected chi connectivity index (χ1v) is 12.3. The summed E-state index contributed by atoms with van der Waals surface area (Å²) >= 11 is 0. The number of hydrogen-bond donors (Lipinski definition) is 1. The van der Waals surface area contributed by atoms with Gasteiger partial charge in [-0.3, -0.25) is 9.59 Å². The number of aryl methyl sites for hydroxylation is 2. The number of hydrogen-bond acceptors (Lipinski definition) is 4. The molecule has 1 N–H and O–H groups in total. The van der Waals surface area contributed by atoms with E-state index in [1.165, 1.54) is 0 Å². The van der Waals surface area contributed by atoms with Crippen LogP contribution in [-0.4, -0.2) is 24.1 Å². The molecule has 0 fully saturated rings. The Morgan fingerprint density at radius 1 is 1.00 bits per heavy atom. The minimum absolute atomic E-state index is 0.172. The lowest BCUT2D eigenvalue weighted by Gasteiger charge is -2.20. The Kier molecular flexibility index (Phi) is 6.42. The van der Waals surface area contributed by atoms with Crippen molar-refractivity contribution in [3.05, 3.63) is 101 Å². The van der Waals surface area contributed by atoms with Crippen LogP contribution in [0.5, 0.6) is 0 Å². The van der Waals surface area contributed by atoms with Crippen molar-refractivity contribution in [3.8, 4) is 0 Å². The van der Waals surface area contributed by atoms with Crippen LogP contribution in [0.2, 0.25) is 0 Å². The number of benzene rings is 3. The largest absolute Gasteiger partial charge is 0.455 e. The maximum atomic E-state index is 13.5. The number of nitrogens with one attached hydrogen (secondary N) is 1. The zero-order chi connectivity index (χ0) is 25.2. The van der Waals surface area contributed by atoms with Gasteiger partial charge in [0.2, 0.25) is 0 Å². The molecule has 0 unspecified atom stereocenters. The first-order valence-electron chi connectivity index (χ1n) is 12.3. The lowest BCUT2D eigenvalue weighted by Crippen LogP contribution is -2.31. The van der Waals surface area contributed by atoms with Gasteiger partial charge in [0.05, 0.1) is 5.71 Å². The van der Waals surface area contributed by atoms with E-state index in [1.54, 1.807) is 11.0 Å². The molecule has 3 aromatic carbocycles. The van der Waals surface area contributed by atoms with E-state index in [0.717, 1.165) is 57.5 Å². The van der Waals surface area contributed by atoms with Crippen LogP contribution in [0.15, 0.2) is 76.2 Å². The van der Waals surface area contributed by atoms with E-state index in [9.17, 15) is 9.59 Å². The summed E-state index contributed by atoms with van der Waals surface area (Å²) in [5.74, 6) is 0.647. The van der Waals surface area contributed by atoms with E-state index in [2.05, 4.69) is 10.5 Å². The molecule has 0 aliphatic heterocycles. The minimum atomic E-state index is -0.263. The Morgan fingerprint density at radius 3 is 2.58 bits per heavy atom. The zero-order valence-corrected chi connectivity index (χ0v) is 20.8. The van der Waals surface area contributed by atoms with E-state index < -0.39 is 0 Å². The Bertz CT molecular complexity index is 1490. The van der Waals surface area contributed by atoms with E-state index in [0.29, 0.717) is 24.3 Å². The molecule has 4 aromatic rings. The molecule has 0 saturated heterocycles. The highest BCUT2D eigenvalue weighted by atomic mass is 16.4. The molecular weight excluding hydrogens is 450 g/mol. The number of amides is 2. The summed E-state index contributed by atoms with van der Waals surface area (Å²) in [4.78, 5) is 28.3. The Morgan fingerprint density at radius 2 is 1.78 bits per heavy atom. The van der Waals surface area contributed by atoms with E-state index in [4.69, 9.17) is 4.42 Å². The smallest absolute Gasteiger partial charge is 0.294 e. The Balaban J connectivity index is 1.44. The van der Waals surface area contributed by atoms with Gasteiger partial charge < -0.3 is 9.32 Å². The SMILES string of the molecule is CCN(C(=O)c1oc2c(c1C)/C(=N/NC(=O)c1cccc3ccccc13)CCC2)c1cccc(C)c1. The second-order valence-electron chi connectivity index (χ2n) is 9.12. The second kappa shape index (κ2) is 9.82. The van der Waals surface area contributed by atoms with Crippen LogP contribution in [0.4, 0.5) is 5.69 Å². The van der Waals surface area contributed by atoms with Crippen LogP contribution in [0.1, 0.15) is 63.1 Å². The Hall–Kier alpha value is -4.19. The van der Waals surface area contributed by atoms with E-state index in [1.807, 2.05) is 81.4 Å². The molecule has 6 nitrogen and oxygen atoms in total. The van der Waals surface area contributed by atoms with Crippen LogP contribution < -0.4 is 10.3 Å². The highest BCUT2D eigenvalue weighted by molar-refractivity contribution is 6.11. The first-order chi connectivity index (χ1) is 17.5. The average molecular weight is 480 g/mol. The van der Waals surface area contributed by atoms with Crippen molar-refractivity contribution in [2.45, 2.75) is 40.0 Å². The maximum Gasteiger partial charge on any atom is 0.294 e. The average Bonchev–Trinajstić information content (AvgIpc) is 3.24. The first kappa shape index (κ1) is 23.5. The fourth-order valence-corrected chi connectivity index (χ4v) is 4.95. The third kappa shape index (κ3) is 4.31. The monoisotopic (exact) mass is 479 g/mol. The van der Waals surface area contributed by atoms with Crippen LogP contribution in [0.25, 0.3) is 10.8 Å². The number of carbonyl (C=O) groups is 2. The van der Waals surface area contributed by atoms with Gasteiger partial charge in [0.25, 0.3) is 11.8 Å². The summed E-state index contributed by atoms with van der Waals surface area (Å²) in [7, 11) is 0. The van der Waals surface area contributed by atoms with E-state index >= 15 is 0 Å². The number of carbonyl (C=O) groups excluding carboxylic acids is 2.